The molecule has 0 bridgehead atoms. The fourth-order valence-electron chi connectivity index (χ4n) is 2.69. The van der Waals surface area contributed by atoms with E-state index in [1.54, 1.807) is 6.07 Å². The van der Waals surface area contributed by atoms with Gasteiger partial charge in [0.2, 0.25) is 0 Å². The van der Waals surface area contributed by atoms with Crippen LogP contribution in [0.1, 0.15) is 11.3 Å². The van der Waals surface area contributed by atoms with E-state index in [9.17, 15) is 9.50 Å². The van der Waals surface area contributed by atoms with Crippen molar-refractivity contribution < 1.29 is 9.50 Å². The predicted octanol–water partition coefficient (Wildman–Crippen LogP) is 3.94. The highest BCUT2D eigenvalue weighted by atomic mass is 19.1. The maximum Gasteiger partial charge on any atom is 0.166 e. The van der Waals surface area contributed by atoms with Crippen LogP contribution in [0.5, 0.6) is 5.75 Å². The summed E-state index contributed by atoms with van der Waals surface area (Å²) in [4.78, 5) is 0. The Balaban J connectivity index is 1.90. The van der Waals surface area contributed by atoms with Crippen molar-refractivity contribution in [2.45, 2.75) is 13.5 Å². The molecule has 0 saturated heterocycles. The van der Waals surface area contributed by atoms with Crippen molar-refractivity contribution in [2.24, 2.45) is 7.05 Å². The summed E-state index contributed by atoms with van der Waals surface area (Å²) < 4.78 is 15.5. The van der Waals surface area contributed by atoms with Gasteiger partial charge in [0.25, 0.3) is 0 Å². The molecule has 0 radical (unpaired) electrons. The SMILES string of the molecule is Cc1c(CNc2ccc(O)c(F)c2)n(C)c2ccccc12. The number of fused-ring (bicyclic) bond motifs is 1. The van der Waals surface area contributed by atoms with Crippen molar-refractivity contribution >= 4 is 16.6 Å². The van der Waals surface area contributed by atoms with Crippen LogP contribution in [0.4, 0.5) is 10.1 Å². The summed E-state index contributed by atoms with van der Waals surface area (Å²) in [7, 11) is 2.03. The average Bonchev–Trinajstić information content (AvgIpc) is 2.73. The van der Waals surface area contributed by atoms with Gasteiger partial charge in [-0.05, 0) is 30.7 Å². The maximum atomic E-state index is 13.3. The number of hydrogen-bond donors (Lipinski definition) is 2. The quantitative estimate of drug-likeness (QED) is 0.715. The van der Waals surface area contributed by atoms with E-state index < -0.39 is 5.82 Å². The van der Waals surface area contributed by atoms with Crippen molar-refractivity contribution in [3.05, 3.63) is 59.5 Å². The highest BCUT2D eigenvalue weighted by molar-refractivity contribution is 5.85. The third-order valence-corrected chi connectivity index (χ3v) is 3.91. The first kappa shape index (κ1) is 13.5. The van der Waals surface area contributed by atoms with Crippen LogP contribution in [0, 0.1) is 12.7 Å². The van der Waals surface area contributed by atoms with E-state index in [0.717, 1.165) is 5.69 Å². The lowest BCUT2D eigenvalue weighted by Gasteiger charge is -2.09. The monoisotopic (exact) mass is 284 g/mol. The van der Waals surface area contributed by atoms with Gasteiger partial charge in [-0.25, -0.2) is 4.39 Å². The first-order chi connectivity index (χ1) is 10.1. The molecule has 2 aromatic carbocycles. The molecule has 108 valence electrons. The minimum Gasteiger partial charge on any atom is -0.505 e. The second-order valence-corrected chi connectivity index (χ2v) is 5.17. The number of aromatic nitrogens is 1. The number of halogens is 1. The van der Waals surface area contributed by atoms with Crippen LogP contribution in [0.25, 0.3) is 10.9 Å². The van der Waals surface area contributed by atoms with Gasteiger partial charge in [-0.2, -0.15) is 0 Å². The molecule has 3 rings (SSSR count). The zero-order valence-electron chi connectivity index (χ0n) is 12.0. The van der Waals surface area contributed by atoms with Gasteiger partial charge in [-0.15, -0.1) is 0 Å². The van der Waals surface area contributed by atoms with Gasteiger partial charge in [0.15, 0.2) is 11.6 Å². The van der Waals surface area contributed by atoms with Crippen LogP contribution < -0.4 is 5.32 Å². The molecular weight excluding hydrogens is 267 g/mol. The predicted molar refractivity (Wildman–Crippen MR) is 83.0 cm³/mol. The summed E-state index contributed by atoms with van der Waals surface area (Å²) in [6.07, 6.45) is 0. The third-order valence-electron chi connectivity index (χ3n) is 3.91. The standard InChI is InChI=1S/C17H17FN2O/c1-11-13-5-3-4-6-15(13)20(2)16(11)10-19-12-7-8-17(21)14(18)9-12/h3-9,19,21H,10H2,1-2H3. The van der Waals surface area contributed by atoms with Crippen LogP contribution >= 0.6 is 0 Å². The molecule has 0 amide bonds. The van der Waals surface area contributed by atoms with E-state index in [4.69, 9.17) is 0 Å². The number of phenols is 1. The Kier molecular flexibility index (Phi) is 3.29. The topological polar surface area (TPSA) is 37.2 Å². The lowest BCUT2D eigenvalue weighted by atomic mass is 10.1. The van der Waals surface area contributed by atoms with E-state index in [0.29, 0.717) is 12.2 Å². The minimum absolute atomic E-state index is 0.332. The molecule has 21 heavy (non-hydrogen) atoms. The minimum atomic E-state index is -0.617. The van der Waals surface area contributed by atoms with Gasteiger partial charge in [0.1, 0.15) is 0 Å². The second kappa shape index (κ2) is 5.13. The highest BCUT2D eigenvalue weighted by Crippen LogP contribution is 2.26. The summed E-state index contributed by atoms with van der Waals surface area (Å²) in [5.74, 6) is -0.949. The molecule has 1 aromatic heterocycles. The average molecular weight is 284 g/mol. The Morgan fingerprint density at radius 1 is 1.19 bits per heavy atom. The molecule has 2 N–H and O–H groups in total. The van der Waals surface area contributed by atoms with Crippen molar-refractivity contribution in [3.63, 3.8) is 0 Å². The van der Waals surface area contributed by atoms with Crippen molar-refractivity contribution in [3.8, 4) is 5.75 Å². The summed E-state index contributed by atoms with van der Waals surface area (Å²) in [6.45, 7) is 2.69. The Hall–Kier alpha value is -2.49. The maximum absolute atomic E-state index is 13.3. The van der Waals surface area contributed by atoms with Gasteiger partial charge in [-0.3, -0.25) is 0 Å². The molecule has 0 aliphatic rings. The fourth-order valence-corrected chi connectivity index (χ4v) is 2.69. The Morgan fingerprint density at radius 2 is 1.95 bits per heavy atom. The normalized spacial score (nSPS) is 11.0. The molecule has 0 fully saturated rings. The summed E-state index contributed by atoms with van der Waals surface area (Å²) in [5, 5.41) is 13.6. The van der Waals surface area contributed by atoms with Gasteiger partial charge in [-0.1, -0.05) is 18.2 Å². The number of aromatic hydroxyl groups is 1. The molecule has 1 heterocycles. The van der Waals surface area contributed by atoms with E-state index >= 15 is 0 Å². The fraction of sp³-hybridized carbons (Fsp3) is 0.176. The number of nitrogens with zero attached hydrogens (tertiary/aromatic N) is 1. The smallest absolute Gasteiger partial charge is 0.166 e. The van der Waals surface area contributed by atoms with Crippen LogP contribution in [-0.4, -0.2) is 9.67 Å². The molecule has 4 heteroatoms. The van der Waals surface area contributed by atoms with Crippen LogP contribution in [0.3, 0.4) is 0 Å². The molecule has 0 saturated carbocycles. The number of para-hydroxylation sites is 1. The number of rotatable bonds is 3. The van der Waals surface area contributed by atoms with Gasteiger partial charge < -0.3 is 15.0 Å². The third kappa shape index (κ3) is 2.33. The van der Waals surface area contributed by atoms with Crippen molar-refractivity contribution in [1.82, 2.24) is 4.57 Å². The first-order valence-electron chi connectivity index (χ1n) is 6.83. The molecule has 0 spiro atoms. The van der Waals surface area contributed by atoms with Crippen molar-refractivity contribution in [2.75, 3.05) is 5.32 Å². The highest BCUT2D eigenvalue weighted by Gasteiger charge is 2.11. The number of anilines is 1. The van der Waals surface area contributed by atoms with E-state index in [1.165, 1.54) is 28.6 Å². The molecular formula is C17H17FN2O. The number of benzene rings is 2. The molecule has 3 aromatic rings. The van der Waals surface area contributed by atoms with Crippen LogP contribution in [0.2, 0.25) is 0 Å². The van der Waals surface area contributed by atoms with Crippen LogP contribution in [0.15, 0.2) is 42.5 Å². The van der Waals surface area contributed by atoms with Gasteiger partial charge >= 0.3 is 0 Å². The lowest BCUT2D eigenvalue weighted by Crippen LogP contribution is -2.06. The molecule has 0 atom stereocenters. The number of phenolic OH excluding ortho intramolecular Hbond substituents is 1. The summed E-state index contributed by atoms with van der Waals surface area (Å²) in [6, 6.07) is 12.6. The molecule has 3 nitrogen and oxygen atoms in total. The second-order valence-electron chi connectivity index (χ2n) is 5.17. The zero-order chi connectivity index (χ0) is 15.0. The largest absolute Gasteiger partial charge is 0.505 e. The molecule has 0 unspecified atom stereocenters. The Bertz CT molecular complexity index is 769. The Labute approximate surface area is 122 Å². The first-order valence-corrected chi connectivity index (χ1v) is 6.83. The van der Waals surface area contributed by atoms with E-state index in [-0.39, 0.29) is 5.75 Å². The lowest BCUT2D eigenvalue weighted by molar-refractivity contribution is 0.432. The van der Waals surface area contributed by atoms with Crippen LogP contribution in [-0.2, 0) is 13.6 Å². The summed E-state index contributed by atoms with van der Waals surface area (Å²) >= 11 is 0. The zero-order valence-corrected chi connectivity index (χ0v) is 12.0. The summed E-state index contributed by atoms with van der Waals surface area (Å²) in [5.41, 5.74) is 4.21. The van der Waals surface area contributed by atoms with Gasteiger partial charge in [0.05, 0.1) is 6.54 Å². The number of hydrogen-bond acceptors (Lipinski definition) is 2. The molecule has 0 aliphatic carbocycles. The Morgan fingerprint density at radius 3 is 2.67 bits per heavy atom. The number of aryl methyl sites for hydroxylation is 2. The molecule has 0 aliphatic heterocycles. The van der Waals surface area contributed by atoms with E-state index in [1.807, 2.05) is 19.2 Å². The van der Waals surface area contributed by atoms with Crippen molar-refractivity contribution in [1.29, 1.82) is 0 Å². The van der Waals surface area contributed by atoms with Gasteiger partial charge in [0, 0.05) is 35.4 Å². The van der Waals surface area contributed by atoms with E-state index in [2.05, 4.69) is 28.9 Å². The number of nitrogens with one attached hydrogen (secondary N) is 1.